The second kappa shape index (κ2) is 9.59. The van der Waals surface area contributed by atoms with Gasteiger partial charge in [0.2, 0.25) is 5.88 Å². The molecule has 130 valence electrons. The summed E-state index contributed by atoms with van der Waals surface area (Å²) in [5.41, 5.74) is 0.812. The summed E-state index contributed by atoms with van der Waals surface area (Å²) in [6.45, 7) is 5.54. The Morgan fingerprint density at radius 1 is 1.21 bits per heavy atom. The predicted molar refractivity (Wildman–Crippen MR) is 104 cm³/mol. The maximum Gasteiger partial charge on any atom is 0.212 e. The summed E-state index contributed by atoms with van der Waals surface area (Å²) in [6, 6.07) is 7.55. The van der Waals surface area contributed by atoms with Crippen LogP contribution in [0, 0.1) is 3.95 Å². The van der Waals surface area contributed by atoms with Crippen molar-refractivity contribution >= 4 is 35.5 Å². The zero-order valence-electron chi connectivity index (χ0n) is 14.2. The summed E-state index contributed by atoms with van der Waals surface area (Å²) < 4.78 is 7.90. The molecule has 0 saturated carbocycles. The fourth-order valence-corrected chi connectivity index (χ4v) is 3.55. The lowest BCUT2D eigenvalue weighted by molar-refractivity contribution is 0.340. The van der Waals surface area contributed by atoms with Gasteiger partial charge in [0.15, 0.2) is 3.95 Å². The average Bonchev–Trinajstić information content (AvgIpc) is 2.85. The van der Waals surface area contributed by atoms with Crippen molar-refractivity contribution in [1.29, 1.82) is 0 Å². The molecule has 0 bridgehead atoms. The van der Waals surface area contributed by atoms with Gasteiger partial charge in [0.1, 0.15) is 10.6 Å². The highest BCUT2D eigenvalue weighted by Crippen LogP contribution is 2.26. The number of thiazole rings is 1. The van der Waals surface area contributed by atoms with Crippen molar-refractivity contribution in [2.24, 2.45) is 4.99 Å². The topological polar surface area (TPSA) is 46.8 Å². The Labute approximate surface area is 152 Å². The average molecular weight is 365 g/mol. The highest BCUT2D eigenvalue weighted by molar-refractivity contribution is 7.73. The third-order valence-electron chi connectivity index (χ3n) is 3.61. The highest BCUT2D eigenvalue weighted by atomic mass is 32.1. The van der Waals surface area contributed by atoms with Crippen molar-refractivity contribution in [3.63, 3.8) is 0 Å². The molecular formula is C18H24N2O2S2. The van der Waals surface area contributed by atoms with E-state index in [1.165, 1.54) is 24.2 Å². The molecule has 2 aromatic rings. The number of nitrogens with zero attached hydrogens (tertiary/aromatic N) is 2. The van der Waals surface area contributed by atoms with Gasteiger partial charge in [0.25, 0.3) is 0 Å². The molecular weight excluding hydrogens is 340 g/mol. The molecule has 0 aliphatic heterocycles. The predicted octanol–water partition coefficient (Wildman–Crippen LogP) is 5.71. The summed E-state index contributed by atoms with van der Waals surface area (Å²) in [5.74, 6) is 1.05. The largest absolute Gasteiger partial charge is 0.494 e. The molecule has 0 fully saturated rings. The first kappa shape index (κ1) is 18.7. The molecule has 1 N–H and O–H groups in total. The molecule has 0 aliphatic rings. The smallest absolute Gasteiger partial charge is 0.212 e. The quantitative estimate of drug-likeness (QED) is 0.352. The number of benzene rings is 1. The lowest BCUT2D eigenvalue weighted by Gasteiger charge is -2.04. The monoisotopic (exact) mass is 364 g/mol. The molecule has 0 spiro atoms. The fraction of sp³-hybridized carbons (Fsp3) is 0.444. The van der Waals surface area contributed by atoms with E-state index in [-0.39, 0.29) is 5.88 Å². The highest BCUT2D eigenvalue weighted by Gasteiger charge is 2.09. The molecule has 1 aromatic carbocycles. The number of ether oxygens (including phenoxy) is 1. The van der Waals surface area contributed by atoms with Crippen molar-refractivity contribution in [1.82, 2.24) is 4.57 Å². The third kappa shape index (κ3) is 5.18. The summed E-state index contributed by atoms with van der Waals surface area (Å²) >= 11 is 6.75. The molecule has 1 heterocycles. The van der Waals surface area contributed by atoms with Gasteiger partial charge in [-0.05, 0) is 49.8 Å². The first-order chi connectivity index (χ1) is 11.7. The van der Waals surface area contributed by atoms with Crippen LogP contribution in [0.15, 0.2) is 29.3 Å². The zero-order chi connectivity index (χ0) is 17.4. The van der Waals surface area contributed by atoms with Gasteiger partial charge in [-0.3, -0.25) is 9.56 Å². The SMILES string of the molecule is CCCCCCn1c(O)c(C=Nc2ccc(OCC)cc2)sc1=S. The van der Waals surface area contributed by atoms with Crippen LogP contribution in [0.1, 0.15) is 44.4 Å². The van der Waals surface area contributed by atoms with Crippen LogP contribution >= 0.6 is 23.6 Å². The van der Waals surface area contributed by atoms with Crippen LogP contribution in [0.3, 0.4) is 0 Å². The molecule has 0 amide bonds. The van der Waals surface area contributed by atoms with E-state index < -0.39 is 0 Å². The van der Waals surface area contributed by atoms with E-state index in [1.807, 2.05) is 31.2 Å². The van der Waals surface area contributed by atoms with E-state index >= 15 is 0 Å². The minimum Gasteiger partial charge on any atom is -0.494 e. The van der Waals surface area contributed by atoms with Crippen LogP contribution in [-0.4, -0.2) is 22.5 Å². The standard InChI is InChI=1S/C18H24N2O2S2/c1-3-5-6-7-12-20-17(21)16(24-18(20)23)13-19-14-8-10-15(11-9-14)22-4-2/h8-11,13,21H,3-7,12H2,1-2H3. The molecule has 6 heteroatoms. The fourth-order valence-electron chi connectivity index (χ4n) is 2.32. The van der Waals surface area contributed by atoms with Gasteiger partial charge < -0.3 is 9.84 Å². The van der Waals surface area contributed by atoms with E-state index in [4.69, 9.17) is 17.0 Å². The maximum atomic E-state index is 10.4. The first-order valence-electron chi connectivity index (χ1n) is 8.35. The lowest BCUT2D eigenvalue weighted by atomic mass is 10.2. The third-order valence-corrected chi connectivity index (χ3v) is 4.98. The van der Waals surface area contributed by atoms with Crippen molar-refractivity contribution in [2.75, 3.05) is 6.61 Å². The van der Waals surface area contributed by atoms with Gasteiger partial charge in [-0.25, -0.2) is 0 Å². The minimum absolute atomic E-state index is 0.219. The lowest BCUT2D eigenvalue weighted by Crippen LogP contribution is -1.97. The molecule has 2 rings (SSSR count). The number of rotatable bonds is 9. The van der Waals surface area contributed by atoms with Gasteiger partial charge in [0, 0.05) is 6.54 Å². The molecule has 0 aliphatic carbocycles. The second-order valence-electron chi connectivity index (χ2n) is 5.45. The Bertz CT molecular complexity index is 718. The number of aromatic hydroxyl groups is 1. The Morgan fingerprint density at radius 3 is 2.62 bits per heavy atom. The Balaban J connectivity index is 2.05. The van der Waals surface area contributed by atoms with E-state index in [1.54, 1.807) is 10.8 Å². The van der Waals surface area contributed by atoms with Gasteiger partial charge in [0.05, 0.1) is 18.5 Å². The van der Waals surface area contributed by atoms with E-state index in [2.05, 4.69) is 11.9 Å². The van der Waals surface area contributed by atoms with Crippen LogP contribution in [-0.2, 0) is 6.54 Å². The van der Waals surface area contributed by atoms with Crippen LogP contribution in [0.2, 0.25) is 0 Å². The van der Waals surface area contributed by atoms with E-state index in [9.17, 15) is 5.11 Å². The number of hydrogen-bond acceptors (Lipinski definition) is 5. The molecule has 0 saturated heterocycles. The van der Waals surface area contributed by atoms with Crippen LogP contribution < -0.4 is 4.74 Å². The van der Waals surface area contributed by atoms with Gasteiger partial charge in [-0.1, -0.05) is 37.5 Å². The molecule has 0 radical (unpaired) electrons. The summed E-state index contributed by atoms with van der Waals surface area (Å²) in [6.07, 6.45) is 6.27. The minimum atomic E-state index is 0.219. The summed E-state index contributed by atoms with van der Waals surface area (Å²) in [4.78, 5) is 5.11. The molecule has 0 unspecified atom stereocenters. The van der Waals surface area contributed by atoms with E-state index in [0.717, 1.165) is 30.8 Å². The van der Waals surface area contributed by atoms with Crippen molar-refractivity contribution in [2.45, 2.75) is 46.1 Å². The van der Waals surface area contributed by atoms with Crippen molar-refractivity contribution in [3.8, 4) is 11.6 Å². The summed E-state index contributed by atoms with van der Waals surface area (Å²) in [7, 11) is 0. The Morgan fingerprint density at radius 2 is 1.96 bits per heavy atom. The number of unbranched alkanes of at least 4 members (excludes halogenated alkanes) is 3. The first-order valence-corrected chi connectivity index (χ1v) is 9.57. The molecule has 0 atom stereocenters. The number of aromatic nitrogens is 1. The summed E-state index contributed by atoms with van der Waals surface area (Å²) in [5, 5.41) is 10.4. The Kier molecular flexibility index (Phi) is 7.46. The zero-order valence-corrected chi connectivity index (χ0v) is 15.8. The second-order valence-corrected chi connectivity index (χ2v) is 7.13. The van der Waals surface area contributed by atoms with Gasteiger partial charge in [-0.2, -0.15) is 0 Å². The number of aliphatic imine (C=N–C) groups is 1. The van der Waals surface area contributed by atoms with Gasteiger partial charge in [-0.15, -0.1) is 0 Å². The Hall–Kier alpha value is -1.66. The van der Waals surface area contributed by atoms with Crippen LogP contribution in [0.4, 0.5) is 5.69 Å². The van der Waals surface area contributed by atoms with Crippen LogP contribution in [0.25, 0.3) is 0 Å². The molecule has 24 heavy (non-hydrogen) atoms. The van der Waals surface area contributed by atoms with Crippen molar-refractivity contribution in [3.05, 3.63) is 33.1 Å². The normalized spacial score (nSPS) is 11.2. The molecule has 4 nitrogen and oxygen atoms in total. The number of hydrogen-bond donors (Lipinski definition) is 1. The van der Waals surface area contributed by atoms with Gasteiger partial charge >= 0.3 is 0 Å². The maximum absolute atomic E-state index is 10.4. The van der Waals surface area contributed by atoms with E-state index in [0.29, 0.717) is 15.4 Å². The van der Waals surface area contributed by atoms with Crippen LogP contribution in [0.5, 0.6) is 11.6 Å². The van der Waals surface area contributed by atoms with Crippen molar-refractivity contribution < 1.29 is 9.84 Å². The molecule has 1 aromatic heterocycles.